The van der Waals surface area contributed by atoms with Crippen molar-refractivity contribution >= 4 is 56.5 Å². The average Bonchev–Trinajstić information content (AvgIpc) is 3.37. The van der Waals surface area contributed by atoms with Crippen molar-refractivity contribution in [2.45, 2.75) is 18.9 Å². The molecule has 6 rings (SSSR count). The summed E-state index contributed by atoms with van der Waals surface area (Å²) in [6.45, 7) is 1.79. The molecule has 1 atom stereocenters. The van der Waals surface area contributed by atoms with Gasteiger partial charge in [0.1, 0.15) is 9.71 Å². The van der Waals surface area contributed by atoms with E-state index >= 15 is 0 Å². The second-order valence-electron chi connectivity index (χ2n) is 10.8. The predicted octanol–water partition coefficient (Wildman–Crippen LogP) is 5.49. The van der Waals surface area contributed by atoms with Crippen LogP contribution in [0.15, 0.2) is 79.0 Å². The third-order valence-corrected chi connectivity index (χ3v) is 8.56. The van der Waals surface area contributed by atoms with Crippen molar-refractivity contribution in [3.8, 4) is 11.1 Å². The Bertz CT molecular complexity index is 1680. The monoisotopic (exact) mass is 580 g/mol. The van der Waals surface area contributed by atoms with Gasteiger partial charge in [-0.1, -0.05) is 48.5 Å². The molecule has 0 unspecified atom stereocenters. The SMILES string of the molecule is CN(C)C/C=C/C(=O)N1CCC[C@@H](NC(=O)c2sc3nccc4c3c2NC(=O)N4c2cccc(-c3ccccc3)c2)C1. The largest absolute Gasteiger partial charge is 0.347 e. The summed E-state index contributed by atoms with van der Waals surface area (Å²) in [5, 5.41) is 6.83. The van der Waals surface area contributed by atoms with Crippen LogP contribution in [0, 0.1) is 0 Å². The first kappa shape index (κ1) is 27.6. The van der Waals surface area contributed by atoms with Gasteiger partial charge in [-0.05, 0) is 56.3 Å². The van der Waals surface area contributed by atoms with E-state index in [1.807, 2.05) is 85.7 Å². The van der Waals surface area contributed by atoms with Crippen LogP contribution in [0.5, 0.6) is 0 Å². The maximum Gasteiger partial charge on any atom is 0.331 e. The van der Waals surface area contributed by atoms with Crippen LogP contribution >= 0.6 is 11.3 Å². The summed E-state index contributed by atoms with van der Waals surface area (Å²) in [7, 11) is 3.90. The van der Waals surface area contributed by atoms with E-state index in [4.69, 9.17) is 0 Å². The molecule has 1 fully saturated rings. The minimum Gasteiger partial charge on any atom is -0.347 e. The number of carbonyl (C=O) groups is 3. The lowest BCUT2D eigenvalue weighted by atomic mass is 10.0. The molecule has 0 saturated carbocycles. The lowest BCUT2D eigenvalue weighted by Gasteiger charge is -2.32. The van der Waals surface area contributed by atoms with E-state index in [1.165, 1.54) is 11.3 Å². The summed E-state index contributed by atoms with van der Waals surface area (Å²) in [5.74, 6) is -0.327. The van der Waals surface area contributed by atoms with E-state index < -0.39 is 0 Å². The van der Waals surface area contributed by atoms with E-state index in [0.717, 1.165) is 35.0 Å². The number of pyridine rings is 1. The lowest BCUT2D eigenvalue weighted by molar-refractivity contribution is -0.127. The maximum atomic E-state index is 13.6. The Morgan fingerprint density at radius 2 is 1.93 bits per heavy atom. The van der Waals surface area contributed by atoms with E-state index in [1.54, 1.807) is 22.1 Å². The smallest absolute Gasteiger partial charge is 0.331 e. The fraction of sp³-hybridized carbons (Fsp3) is 0.250. The third-order valence-electron chi connectivity index (χ3n) is 7.46. The second-order valence-corrected chi connectivity index (χ2v) is 11.8. The molecule has 42 heavy (non-hydrogen) atoms. The Kier molecular flexibility index (Phi) is 7.73. The molecule has 9 nitrogen and oxygen atoms in total. The van der Waals surface area contributed by atoms with Crippen LogP contribution in [-0.4, -0.2) is 72.4 Å². The molecule has 1 saturated heterocycles. The summed E-state index contributed by atoms with van der Waals surface area (Å²) in [4.78, 5) is 50.8. The number of hydrogen-bond acceptors (Lipinski definition) is 6. The Morgan fingerprint density at radius 3 is 2.74 bits per heavy atom. The van der Waals surface area contributed by atoms with Crippen molar-refractivity contribution in [3.63, 3.8) is 0 Å². The first-order chi connectivity index (χ1) is 20.4. The summed E-state index contributed by atoms with van der Waals surface area (Å²) in [6, 6.07) is 19.1. The zero-order valence-corrected chi connectivity index (χ0v) is 24.4. The zero-order chi connectivity index (χ0) is 29.2. The number of amides is 4. The number of urea groups is 1. The van der Waals surface area contributed by atoms with Gasteiger partial charge in [-0.25, -0.2) is 9.78 Å². The van der Waals surface area contributed by atoms with Crippen LogP contribution in [0.25, 0.3) is 21.3 Å². The molecular weight excluding hydrogens is 548 g/mol. The highest BCUT2D eigenvalue weighted by atomic mass is 32.1. The fourth-order valence-electron chi connectivity index (χ4n) is 5.47. The molecule has 4 amide bonds. The van der Waals surface area contributed by atoms with Crippen molar-refractivity contribution in [1.29, 1.82) is 0 Å². The van der Waals surface area contributed by atoms with Crippen LogP contribution in [0.4, 0.5) is 21.9 Å². The van der Waals surface area contributed by atoms with Crippen molar-refractivity contribution < 1.29 is 14.4 Å². The molecule has 2 aliphatic rings. The number of carbonyl (C=O) groups excluding carboxylic acids is 3. The number of aromatic nitrogens is 1. The number of rotatable bonds is 7. The summed E-state index contributed by atoms with van der Waals surface area (Å²) in [6.07, 6.45) is 6.70. The zero-order valence-electron chi connectivity index (χ0n) is 23.5. The van der Waals surface area contributed by atoms with Crippen LogP contribution in [0.2, 0.25) is 0 Å². The quantitative estimate of drug-likeness (QED) is 0.282. The molecule has 214 valence electrons. The van der Waals surface area contributed by atoms with E-state index in [0.29, 0.717) is 40.7 Å². The molecule has 0 radical (unpaired) electrons. The van der Waals surface area contributed by atoms with Crippen LogP contribution in [-0.2, 0) is 4.79 Å². The number of nitrogens with one attached hydrogen (secondary N) is 2. The highest BCUT2D eigenvalue weighted by Crippen LogP contribution is 2.46. The number of benzene rings is 2. The van der Waals surface area contributed by atoms with Gasteiger partial charge >= 0.3 is 6.03 Å². The molecule has 0 bridgehead atoms. The Labute approximate surface area is 248 Å². The van der Waals surface area contributed by atoms with E-state index in [9.17, 15) is 14.4 Å². The van der Waals surface area contributed by atoms with Gasteiger partial charge in [0.25, 0.3) is 5.91 Å². The summed E-state index contributed by atoms with van der Waals surface area (Å²) < 4.78 is 0. The van der Waals surface area contributed by atoms with Gasteiger partial charge in [-0.15, -0.1) is 11.3 Å². The highest BCUT2D eigenvalue weighted by molar-refractivity contribution is 7.21. The van der Waals surface area contributed by atoms with Gasteiger partial charge in [-0.3, -0.25) is 14.5 Å². The number of likely N-dealkylation sites (tertiary alicyclic amines) is 1. The van der Waals surface area contributed by atoms with Crippen molar-refractivity contribution in [2.75, 3.05) is 43.9 Å². The first-order valence-corrected chi connectivity index (χ1v) is 14.8. The Balaban J connectivity index is 1.25. The number of thiophene rings is 1. The number of nitrogens with zero attached hydrogens (tertiary/aromatic N) is 4. The molecule has 10 heteroatoms. The Morgan fingerprint density at radius 1 is 1.12 bits per heavy atom. The molecule has 2 aliphatic heterocycles. The lowest BCUT2D eigenvalue weighted by Crippen LogP contribution is -2.49. The molecule has 2 N–H and O–H groups in total. The summed E-state index contributed by atoms with van der Waals surface area (Å²) >= 11 is 1.26. The predicted molar refractivity (Wildman–Crippen MR) is 167 cm³/mol. The minimum absolute atomic E-state index is 0.0507. The van der Waals surface area contributed by atoms with E-state index in [-0.39, 0.29) is 23.9 Å². The first-order valence-electron chi connectivity index (χ1n) is 14.0. The van der Waals surface area contributed by atoms with Gasteiger partial charge in [-0.2, -0.15) is 0 Å². The number of hydrogen-bond donors (Lipinski definition) is 2. The van der Waals surface area contributed by atoms with Crippen molar-refractivity contribution in [3.05, 3.63) is 83.9 Å². The van der Waals surface area contributed by atoms with E-state index in [2.05, 4.69) is 15.6 Å². The molecule has 2 aromatic carbocycles. The molecule has 4 heterocycles. The van der Waals surface area contributed by atoms with Gasteiger partial charge < -0.3 is 20.4 Å². The minimum atomic E-state index is -0.341. The third kappa shape index (κ3) is 5.50. The average molecular weight is 581 g/mol. The normalized spacial score (nSPS) is 16.7. The van der Waals surface area contributed by atoms with Crippen molar-refractivity contribution in [1.82, 2.24) is 20.1 Å². The summed E-state index contributed by atoms with van der Waals surface area (Å²) in [5.41, 5.74) is 3.93. The van der Waals surface area contributed by atoms with Crippen molar-refractivity contribution in [2.24, 2.45) is 0 Å². The fourth-order valence-corrected chi connectivity index (χ4v) is 6.49. The molecule has 2 aromatic heterocycles. The second kappa shape index (κ2) is 11.8. The van der Waals surface area contributed by atoms with Crippen LogP contribution in [0.1, 0.15) is 22.5 Å². The van der Waals surface area contributed by atoms with Gasteiger partial charge in [0.2, 0.25) is 5.91 Å². The number of piperidine rings is 1. The van der Waals surface area contributed by atoms with Gasteiger partial charge in [0.15, 0.2) is 0 Å². The molecule has 0 aliphatic carbocycles. The Hall–Kier alpha value is -4.54. The topological polar surface area (TPSA) is 97.9 Å². The molecule has 4 aromatic rings. The highest BCUT2D eigenvalue weighted by Gasteiger charge is 2.34. The molecular formula is C32H32N6O3S. The van der Waals surface area contributed by atoms with Gasteiger partial charge in [0.05, 0.1) is 22.4 Å². The van der Waals surface area contributed by atoms with Crippen LogP contribution in [0.3, 0.4) is 0 Å². The van der Waals surface area contributed by atoms with Gasteiger partial charge in [0, 0.05) is 37.9 Å². The molecule has 0 spiro atoms. The van der Waals surface area contributed by atoms with Crippen LogP contribution < -0.4 is 15.5 Å². The number of likely N-dealkylation sites (N-methyl/N-ethyl adjacent to an activating group) is 1. The number of anilines is 3. The maximum absolute atomic E-state index is 13.6. The standard InChI is InChI=1S/C32H32N6O3S/c1-36(2)17-8-14-26(39)37-18-7-12-23(20-37)34-30(40)29-28-27-25(15-16-33-31(27)42-29)38(32(41)35-28)24-13-6-11-22(19-24)21-9-4-3-5-10-21/h3-6,8-11,13-16,19,23H,7,12,17-18,20H2,1-2H3,(H,34,40)(H,35,41)/b14-8+/t23-/m1/s1.